The van der Waals surface area contributed by atoms with Crippen molar-refractivity contribution in [3.63, 3.8) is 0 Å². The number of hydrogen-bond donors (Lipinski definition) is 0. The van der Waals surface area contributed by atoms with E-state index in [9.17, 15) is 4.79 Å². The van der Waals surface area contributed by atoms with Crippen LogP contribution in [-0.2, 0) is 4.79 Å². The fraction of sp³-hybridized carbons (Fsp3) is 0.542. The molecule has 0 amide bonds. The van der Waals surface area contributed by atoms with Crippen LogP contribution in [0.2, 0.25) is 0 Å². The van der Waals surface area contributed by atoms with E-state index >= 15 is 0 Å². The Hall–Kier alpha value is -1.63. The summed E-state index contributed by atoms with van der Waals surface area (Å²) in [6.45, 7) is 2.57. The van der Waals surface area contributed by atoms with Gasteiger partial charge in [0.05, 0.1) is 0 Å². The second kappa shape index (κ2) is 5.69. The van der Waals surface area contributed by atoms with Gasteiger partial charge in [-0.15, -0.1) is 0 Å². The van der Waals surface area contributed by atoms with Crippen molar-refractivity contribution in [3.8, 4) is 0 Å². The minimum absolute atomic E-state index is 0.343. The fourth-order valence-electron chi connectivity index (χ4n) is 6.65. The van der Waals surface area contributed by atoms with E-state index in [4.69, 9.17) is 0 Å². The topological polar surface area (TPSA) is 17.1 Å². The summed E-state index contributed by atoms with van der Waals surface area (Å²) in [5, 5.41) is 0. The van der Waals surface area contributed by atoms with Crippen LogP contribution >= 0.6 is 0 Å². The molecule has 1 heteroatoms. The molecule has 0 aliphatic heterocycles. The molecule has 0 radical (unpaired) electrons. The van der Waals surface area contributed by atoms with Crippen LogP contribution in [0, 0.1) is 17.3 Å². The van der Waals surface area contributed by atoms with Gasteiger partial charge >= 0.3 is 0 Å². The van der Waals surface area contributed by atoms with E-state index < -0.39 is 0 Å². The highest BCUT2D eigenvalue weighted by Gasteiger charge is 2.52. The normalized spacial score (nSPS) is 37.2. The highest BCUT2D eigenvalue weighted by atomic mass is 16.1. The fourth-order valence-corrected chi connectivity index (χ4v) is 6.65. The van der Waals surface area contributed by atoms with E-state index in [1.54, 1.807) is 11.1 Å². The first-order chi connectivity index (χ1) is 12.2. The third-order valence-electron chi connectivity index (χ3n) is 7.71. The molecule has 1 nitrogen and oxygen atoms in total. The first-order valence-corrected chi connectivity index (χ1v) is 10.2. The first-order valence-electron chi connectivity index (χ1n) is 10.2. The van der Waals surface area contributed by atoms with Crippen molar-refractivity contribution in [1.29, 1.82) is 0 Å². The van der Waals surface area contributed by atoms with Crippen LogP contribution in [0.1, 0.15) is 69.8 Å². The number of carbonyl (C=O) groups excluding carboxylic acids is 1. The number of ketones is 1. The minimum atomic E-state index is 0.343. The van der Waals surface area contributed by atoms with E-state index in [2.05, 4.69) is 37.3 Å². The van der Waals surface area contributed by atoms with Crippen LogP contribution in [-0.4, -0.2) is 5.78 Å². The lowest BCUT2D eigenvalue weighted by Gasteiger charge is -2.51. The van der Waals surface area contributed by atoms with Gasteiger partial charge in [0.1, 0.15) is 0 Å². The number of carbonyl (C=O) groups is 1. The second-order valence-corrected chi connectivity index (χ2v) is 9.04. The molecule has 0 heterocycles. The Morgan fingerprint density at radius 1 is 1.04 bits per heavy atom. The van der Waals surface area contributed by atoms with Crippen molar-refractivity contribution in [2.75, 3.05) is 0 Å². The third-order valence-corrected chi connectivity index (χ3v) is 7.71. The van der Waals surface area contributed by atoms with Gasteiger partial charge in [0.15, 0.2) is 5.78 Å². The number of rotatable bonds is 1. The van der Waals surface area contributed by atoms with Gasteiger partial charge in [-0.1, -0.05) is 49.2 Å². The molecular formula is C24H28O. The SMILES string of the molecule is C[C@@]12CCCC1C1CCC3=CC(=O)CCC3=C1[C@@H](c1ccccc1)C2. The molecule has 0 N–H and O–H groups in total. The van der Waals surface area contributed by atoms with E-state index in [0.29, 0.717) is 17.1 Å². The molecule has 0 aromatic heterocycles. The van der Waals surface area contributed by atoms with E-state index in [0.717, 1.165) is 31.1 Å². The molecule has 2 unspecified atom stereocenters. The molecule has 0 saturated heterocycles. The predicted octanol–water partition coefficient (Wildman–Crippen LogP) is 5.98. The van der Waals surface area contributed by atoms with Crippen LogP contribution < -0.4 is 0 Å². The monoisotopic (exact) mass is 332 g/mol. The standard InChI is InChI=1S/C24H28O/c1-24-13-5-8-22(24)20-11-9-17-14-18(25)10-12-19(17)23(20)21(15-24)16-6-3-2-4-7-16/h2-4,6-7,14,20-22H,5,8-13,15H2,1H3/t20?,21-,22?,24+/m1/s1. The highest BCUT2D eigenvalue weighted by Crippen LogP contribution is 2.63. The molecule has 25 heavy (non-hydrogen) atoms. The average molecular weight is 332 g/mol. The summed E-state index contributed by atoms with van der Waals surface area (Å²) in [6.07, 6.45) is 11.6. The van der Waals surface area contributed by atoms with E-state index in [-0.39, 0.29) is 0 Å². The van der Waals surface area contributed by atoms with Crippen LogP contribution in [0.15, 0.2) is 53.1 Å². The maximum atomic E-state index is 12.0. The molecule has 4 atom stereocenters. The summed E-state index contributed by atoms with van der Waals surface area (Å²) in [6, 6.07) is 11.2. The number of benzene rings is 1. The maximum absolute atomic E-state index is 12.0. The van der Waals surface area contributed by atoms with E-state index in [1.165, 1.54) is 43.2 Å². The molecule has 0 spiro atoms. The van der Waals surface area contributed by atoms with Crippen molar-refractivity contribution < 1.29 is 4.79 Å². The van der Waals surface area contributed by atoms with Crippen molar-refractivity contribution in [3.05, 3.63) is 58.7 Å². The van der Waals surface area contributed by atoms with Gasteiger partial charge in [0.2, 0.25) is 0 Å². The second-order valence-electron chi connectivity index (χ2n) is 9.04. The maximum Gasteiger partial charge on any atom is 0.156 e. The van der Waals surface area contributed by atoms with Crippen LogP contribution in [0.3, 0.4) is 0 Å². The van der Waals surface area contributed by atoms with E-state index in [1.807, 2.05) is 6.08 Å². The summed E-state index contributed by atoms with van der Waals surface area (Å²) < 4.78 is 0. The molecular weight excluding hydrogens is 304 g/mol. The van der Waals surface area contributed by atoms with Gasteiger partial charge in [0.25, 0.3) is 0 Å². The van der Waals surface area contributed by atoms with Crippen molar-refractivity contribution in [2.45, 2.75) is 64.2 Å². The number of allylic oxidation sites excluding steroid dienone is 4. The summed E-state index contributed by atoms with van der Waals surface area (Å²) in [7, 11) is 0. The Labute approximate surface area is 151 Å². The zero-order chi connectivity index (χ0) is 17.0. The zero-order valence-corrected chi connectivity index (χ0v) is 15.3. The smallest absolute Gasteiger partial charge is 0.156 e. The Balaban J connectivity index is 1.68. The zero-order valence-electron chi connectivity index (χ0n) is 15.3. The summed E-state index contributed by atoms with van der Waals surface area (Å²) >= 11 is 0. The summed E-state index contributed by atoms with van der Waals surface area (Å²) in [5.74, 6) is 2.54. The van der Waals surface area contributed by atoms with Gasteiger partial charge in [-0.3, -0.25) is 4.79 Å². The Morgan fingerprint density at radius 2 is 1.88 bits per heavy atom. The number of hydrogen-bond acceptors (Lipinski definition) is 1. The van der Waals surface area contributed by atoms with Gasteiger partial charge in [-0.2, -0.15) is 0 Å². The minimum Gasteiger partial charge on any atom is -0.295 e. The highest BCUT2D eigenvalue weighted by molar-refractivity contribution is 5.93. The lowest BCUT2D eigenvalue weighted by Crippen LogP contribution is -2.40. The summed E-state index contributed by atoms with van der Waals surface area (Å²) in [5.41, 5.74) is 6.71. The Kier molecular flexibility index (Phi) is 3.55. The van der Waals surface area contributed by atoms with Gasteiger partial charge < -0.3 is 0 Å². The lowest BCUT2D eigenvalue weighted by atomic mass is 9.53. The van der Waals surface area contributed by atoms with Crippen molar-refractivity contribution in [1.82, 2.24) is 0 Å². The van der Waals surface area contributed by atoms with Gasteiger partial charge in [-0.25, -0.2) is 0 Å². The molecule has 1 aromatic carbocycles. The molecule has 4 aliphatic carbocycles. The average Bonchev–Trinajstić information content (AvgIpc) is 3.03. The molecule has 2 saturated carbocycles. The number of fused-ring (bicyclic) bond motifs is 4. The van der Waals surface area contributed by atoms with Gasteiger partial charge in [-0.05, 0) is 78.6 Å². The lowest BCUT2D eigenvalue weighted by molar-refractivity contribution is -0.114. The molecule has 5 rings (SSSR count). The molecule has 4 aliphatic rings. The van der Waals surface area contributed by atoms with Crippen LogP contribution in [0.5, 0.6) is 0 Å². The predicted molar refractivity (Wildman–Crippen MR) is 101 cm³/mol. The molecule has 130 valence electrons. The molecule has 1 aromatic rings. The summed E-state index contributed by atoms with van der Waals surface area (Å²) in [4.78, 5) is 12.0. The van der Waals surface area contributed by atoms with Crippen molar-refractivity contribution >= 4 is 5.78 Å². The van der Waals surface area contributed by atoms with Crippen LogP contribution in [0.25, 0.3) is 0 Å². The quantitative estimate of drug-likeness (QED) is 0.618. The van der Waals surface area contributed by atoms with Crippen LogP contribution in [0.4, 0.5) is 0 Å². The molecule has 2 fully saturated rings. The third kappa shape index (κ3) is 2.39. The Morgan fingerprint density at radius 3 is 2.72 bits per heavy atom. The first kappa shape index (κ1) is 15.6. The van der Waals surface area contributed by atoms with Crippen molar-refractivity contribution in [2.24, 2.45) is 17.3 Å². The Bertz CT molecular complexity index is 769. The molecule has 0 bridgehead atoms. The van der Waals surface area contributed by atoms with Gasteiger partial charge in [0, 0.05) is 12.3 Å². The largest absolute Gasteiger partial charge is 0.295 e.